The Balaban J connectivity index is 1.43. The highest BCUT2D eigenvalue weighted by atomic mass is 35.5. The first-order valence-corrected chi connectivity index (χ1v) is 9.88. The standard InChI is InChI=1S/C22H25ClN2O2/c23-19-13-11-17(12-14-19)6-4-10-21(26)24-20-9-5-15-25(16-20)22(27)18-7-2-1-3-8-18/h1-3,7-8,11-14,20H,4-6,9-10,15-16H2,(H,24,26)/t20-/m1/s1. The van der Waals surface area contributed by atoms with Gasteiger partial charge in [-0.15, -0.1) is 0 Å². The fraction of sp³-hybridized carbons (Fsp3) is 0.364. The zero-order chi connectivity index (χ0) is 19.1. The molecule has 0 aromatic heterocycles. The minimum atomic E-state index is 0.0365. The van der Waals surface area contributed by atoms with Crippen molar-refractivity contribution in [2.24, 2.45) is 0 Å². The molecule has 2 amide bonds. The second-order valence-electron chi connectivity index (χ2n) is 7.00. The maximum absolute atomic E-state index is 12.6. The van der Waals surface area contributed by atoms with Gasteiger partial charge in [0.05, 0.1) is 0 Å². The van der Waals surface area contributed by atoms with Gasteiger partial charge in [-0.05, 0) is 55.5 Å². The molecule has 27 heavy (non-hydrogen) atoms. The van der Waals surface area contributed by atoms with E-state index in [4.69, 9.17) is 11.6 Å². The molecule has 0 spiro atoms. The lowest BCUT2D eigenvalue weighted by Gasteiger charge is -2.33. The van der Waals surface area contributed by atoms with Crippen LogP contribution in [0.5, 0.6) is 0 Å². The number of amides is 2. The van der Waals surface area contributed by atoms with E-state index < -0.39 is 0 Å². The van der Waals surface area contributed by atoms with Crippen molar-refractivity contribution in [1.82, 2.24) is 10.2 Å². The Kier molecular flexibility index (Phi) is 6.88. The number of carbonyl (C=O) groups excluding carboxylic acids is 2. The smallest absolute Gasteiger partial charge is 0.253 e. The third-order valence-corrected chi connectivity index (χ3v) is 5.13. The average molecular weight is 385 g/mol. The summed E-state index contributed by atoms with van der Waals surface area (Å²) in [5.41, 5.74) is 1.89. The second-order valence-corrected chi connectivity index (χ2v) is 7.44. The SMILES string of the molecule is O=C(CCCc1ccc(Cl)cc1)N[C@@H]1CCCN(C(=O)c2ccccc2)C1. The molecule has 1 N–H and O–H groups in total. The van der Waals surface area contributed by atoms with Gasteiger partial charge < -0.3 is 10.2 Å². The summed E-state index contributed by atoms with van der Waals surface area (Å²) < 4.78 is 0. The second kappa shape index (κ2) is 9.56. The molecule has 1 heterocycles. The molecule has 1 fully saturated rings. The summed E-state index contributed by atoms with van der Waals surface area (Å²) in [6.07, 6.45) is 3.97. The normalized spacial score (nSPS) is 16.8. The van der Waals surface area contributed by atoms with Crippen LogP contribution in [0, 0.1) is 0 Å². The summed E-state index contributed by atoms with van der Waals surface area (Å²) in [7, 11) is 0. The Morgan fingerprint density at radius 1 is 1.07 bits per heavy atom. The summed E-state index contributed by atoms with van der Waals surface area (Å²) in [6.45, 7) is 1.33. The molecule has 0 radical (unpaired) electrons. The van der Waals surface area contributed by atoms with Crippen molar-refractivity contribution in [1.29, 1.82) is 0 Å². The van der Waals surface area contributed by atoms with Crippen LogP contribution >= 0.6 is 11.6 Å². The molecule has 4 nitrogen and oxygen atoms in total. The number of nitrogens with one attached hydrogen (secondary N) is 1. The number of halogens is 1. The highest BCUT2D eigenvalue weighted by molar-refractivity contribution is 6.30. The van der Waals surface area contributed by atoms with Crippen molar-refractivity contribution in [3.05, 3.63) is 70.7 Å². The third-order valence-electron chi connectivity index (χ3n) is 4.88. The highest BCUT2D eigenvalue weighted by Crippen LogP contribution is 2.15. The lowest BCUT2D eigenvalue weighted by atomic mass is 10.0. The first kappa shape index (κ1) is 19.4. The minimum Gasteiger partial charge on any atom is -0.352 e. The number of aryl methyl sites for hydroxylation is 1. The number of piperidine rings is 1. The van der Waals surface area contributed by atoms with Gasteiger partial charge in [0.15, 0.2) is 0 Å². The lowest BCUT2D eigenvalue weighted by Crippen LogP contribution is -2.49. The van der Waals surface area contributed by atoms with Gasteiger partial charge in [-0.3, -0.25) is 9.59 Å². The van der Waals surface area contributed by atoms with Crippen LogP contribution in [-0.2, 0) is 11.2 Å². The fourth-order valence-corrected chi connectivity index (χ4v) is 3.57. The van der Waals surface area contributed by atoms with Crippen LogP contribution < -0.4 is 5.32 Å². The summed E-state index contributed by atoms with van der Waals surface area (Å²) in [6, 6.07) is 17.1. The van der Waals surface area contributed by atoms with E-state index in [9.17, 15) is 9.59 Å². The molecule has 2 aromatic carbocycles. The van der Waals surface area contributed by atoms with E-state index in [1.165, 1.54) is 5.56 Å². The Hall–Kier alpha value is -2.33. The number of hydrogen-bond acceptors (Lipinski definition) is 2. The van der Waals surface area contributed by atoms with Gasteiger partial charge in [0.25, 0.3) is 5.91 Å². The molecular formula is C22H25ClN2O2. The third kappa shape index (κ3) is 5.83. The van der Waals surface area contributed by atoms with E-state index in [2.05, 4.69) is 5.32 Å². The van der Waals surface area contributed by atoms with Gasteiger partial charge in [0.1, 0.15) is 0 Å². The van der Waals surface area contributed by atoms with Gasteiger partial charge in [-0.25, -0.2) is 0 Å². The zero-order valence-corrected chi connectivity index (χ0v) is 16.1. The largest absolute Gasteiger partial charge is 0.352 e. The van der Waals surface area contributed by atoms with E-state index >= 15 is 0 Å². The summed E-state index contributed by atoms with van der Waals surface area (Å²) in [5, 5.41) is 3.82. The first-order valence-electron chi connectivity index (χ1n) is 9.50. The van der Waals surface area contributed by atoms with Crippen LogP contribution in [0.4, 0.5) is 0 Å². The zero-order valence-electron chi connectivity index (χ0n) is 15.4. The maximum Gasteiger partial charge on any atom is 0.253 e. The van der Waals surface area contributed by atoms with Crippen LogP contribution in [0.3, 0.4) is 0 Å². The van der Waals surface area contributed by atoms with E-state index in [1.807, 2.05) is 59.5 Å². The predicted molar refractivity (Wildman–Crippen MR) is 108 cm³/mol. The summed E-state index contributed by atoms with van der Waals surface area (Å²) in [5.74, 6) is 0.0975. The van der Waals surface area contributed by atoms with E-state index in [1.54, 1.807) is 0 Å². The average Bonchev–Trinajstić information content (AvgIpc) is 2.70. The van der Waals surface area contributed by atoms with Crippen LogP contribution in [0.2, 0.25) is 5.02 Å². The first-order chi connectivity index (χ1) is 13.1. The molecule has 2 aromatic rings. The van der Waals surface area contributed by atoms with E-state index in [0.29, 0.717) is 18.5 Å². The molecule has 0 saturated carbocycles. The molecule has 0 aliphatic carbocycles. The van der Waals surface area contributed by atoms with Gasteiger partial charge in [0, 0.05) is 36.1 Å². The highest BCUT2D eigenvalue weighted by Gasteiger charge is 2.25. The molecular weight excluding hydrogens is 360 g/mol. The van der Waals surface area contributed by atoms with Crippen molar-refractivity contribution >= 4 is 23.4 Å². The van der Waals surface area contributed by atoms with Crippen molar-refractivity contribution in [3.63, 3.8) is 0 Å². The van der Waals surface area contributed by atoms with Gasteiger partial charge in [0.2, 0.25) is 5.91 Å². The molecule has 0 bridgehead atoms. The Bertz CT molecular complexity index is 762. The van der Waals surface area contributed by atoms with E-state index in [-0.39, 0.29) is 17.9 Å². The molecule has 1 aliphatic rings. The number of likely N-dealkylation sites (tertiary alicyclic amines) is 1. The number of carbonyl (C=O) groups is 2. The molecule has 0 unspecified atom stereocenters. The number of hydrogen-bond donors (Lipinski definition) is 1. The number of benzene rings is 2. The topological polar surface area (TPSA) is 49.4 Å². The van der Waals surface area contributed by atoms with Crippen molar-refractivity contribution < 1.29 is 9.59 Å². The molecule has 1 aliphatic heterocycles. The quantitative estimate of drug-likeness (QED) is 0.815. The minimum absolute atomic E-state index is 0.0365. The van der Waals surface area contributed by atoms with Gasteiger partial charge in [-0.1, -0.05) is 41.9 Å². The molecule has 3 rings (SSSR count). The number of nitrogens with zero attached hydrogens (tertiary/aromatic N) is 1. The van der Waals surface area contributed by atoms with Crippen LogP contribution in [0.1, 0.15) is 41.6 Å². The van der Waals surface area contributed by atoms with Crippen LogP contribution in [0.15, 0.2) is 54.6 Å². The maximum atomic E-state index is 12.6. The monoisotopic (exact) mass is 384 g/mol. The van der Waals surface area contributed by atoms with Crippen LogP contribution in [-0.4, -0.2) is 35.8 Å². The Morgan fingerprint density at radius 2 is 1.81 bits per heavy atom. The lowest BCUT2D eigenvalue weighted by molar-refractivity contribution is -0.122. The van der Waals surface area contributed by atoms with Crippen molar-refractivity contribution in [2.75, 3.05) is 13.1 Å². The molecule has 1 atom stereocenters. The molecule has 1 saturated heterocycles. The summed E-state index contributed by atoms with van der Waals surface area (Å²) >= 11 is 5.89. The number of rotatable bonds is 6. The fourth-order valence-electron chi connectivity index (χ4n) is 3.45. The van der Waals surface area contributed by atoms with Crippen molar-refractivity contribution in [2.45, 2.75) is 38.1 Å². The Labute approximate surface area is 165 Å². The van der Waals surface area contributed by atoms with Gasteiger partial charge in [-0.2, -0.15) is 0 Å². The van der Waals surface area contributed by atoms with Crippen LogP contribution in [0.25, 0.3) is 0 Å². The van der Waals surface area contributed by atoms with E-state index in [0.717, 1.165) is 37.3 Å². The van der Waals surface area contributed by atoms with Crippen molar-refractivity contribution in [3.8, 4) is 0 Å². The summed E-state index contributed by atoms with van der Waals surface area (Å²) in [4.78, 5) is 26.7. The molecule has 142 valence electrons. The molecule has 5 heteroatoms. The van der Waals surface area contributed by atoms with Gasteiger partial charge >= 0.3 is 0 Å². The Morgan fingerprint density at radius 3 is 2.56 bits per heavy atom. The predicted octanol–water partition coefficient (Wildman–Crippen LogP) is 4.08.